The summed E-state index contributed by atoms with van der Waals surface area (Å²) >= 11 is 1.59. The summed E-state index contributed by atoms with van der Waals surface area (Å²) in [6, 6.07) is 8.38. The van der Waals surface area contributed by atoms with Crippen LogP contribution in [-0.4, -0.2) is 30.2 Å². The Kier molecular flexibility index (Phi) is 3.40. The smallest absolute Gasteiger partial charge is 0.190 e. The number of hydrogen-bond acceptors (Lipinski definition) is 5. The Morgan fingerprint density at radius 1 is 1.25 bits per heavy atom. The minimum atomic E-state index is -0.455. The fraction of sp³-hybridized carbons (Fsp3) is 0.400. The number of aryl methyl sites for hydroxylation is 1. The third kappa shape index (κ3) is 2.17. The summed E-state index contributed by atoms with van der Waals surface area (Å²) < 4.78 is 0. The van der Waals surface area contributed by atoms with Crippen LogP contribution < -0.4 is 9.80 Å². The van der Waals surface area contributed by atoms with Crippen molar-refractivity contribution in [2.45, 2.75) is 20.0 Å². The number of hydrogen-bond donors (Lipinski definition) is 1. The number of likely N-dealkylation sites (N-methyl/N-ethyl adjacent to an activating group) is 1. The molecule has 3 rings (SSSR count). The van der Waals surface area contributed by atoms with E-state index in [2.05, 4.69) is 46.1 Å². The van der Waals surface area contributed by atoms with Crippen LogP contribution in [0.3, 0.4) is 0 Å². The lowest BCUT2D eigenvalue weighted by Crippen LogP contribution is -2.36. The molecule has 1 N–H and O–H groups in total. The van der Waals surface area contributed by atoms with Crippen molar-refractivity contribution in [1.29, 1.82) is 0 Å². The van der Waals surface area contributed by atoms with Crippen LogP contribution >= 0.6 is 11.3 Å². The van der Waals surface area contributed by atoms with E-state index in [-0.39, 0.29) is 0 Å². The number of benzene rings is 1. The minimum absolute atomic E-state index is 0.455. The summed E-state index contributed by atoms with van der Waals surface area (Å²) in [4.78, 5) is 10.1. The molecule has 1 aromatic heterocycles. The van der Waals surface area contributed by atoms with Gasteiger partial charge in [0.25, 0.3) is 0 Å². The molecule has 0 spiro atoms. The molecule has 4 nitrogen and oxygen atoms in total. The molecule has 0 aliphatic carbocycles. The summed E-state index contributed by atoms with van der Waals surface area (Å²) in [6.07, 6.45) is -0.455. The van der Waals surface area contributed by atoms with Gasteiger partial charge < -0.3 is 14.9 Å². The molecule has 2 heterocycles. The van der Waals surface area contributed by atoms with E-state index in [4.69, 9.17) is 0 Å². The van der Waals surface area contributed by atoms with Crippen molar-refractivity contribution in [2.24, 2.45) is 0 Å². The van der Waals surface area contributed by atoms with Crippen LogP contribution in [0, 0.1) is 6.92 Å². The maximum Gasteiger partial charge on any atom is 0.190 e. The van der Waals surface area contributed by atoms with Crippen molar-refractivity contribution in [3.8, 4) is 0 Å². The Morgan fingerprint density at radius 2 is 1.95 bits per heavy atom. The Bertz CT molecular complexity index is 623. The maximum absolute atomic E-state index is 9.80. The normalized spacial score (nSPS) is 16.2. The van der Waals surface area contributed by atoms with Gasteiger partial charge in [0.2, 0.25) is 0 Å². The average Bonchev–Trinajstić information content (AvgIpc) is 2.81. The van der Waals surface area contributed by atoms with Gasteiger partial charge in [-0.05, 0) is 26.0 Å². The van der Waals surface area contributed by atoms with Crippen LogP contribution in [0.15, 0.2) is 24.3 Å². The topological polar surface area (TPSA) is 39.6 Å². The molecule has 1 atom stereocenters. The van der Waals surface area contributed by atoms with Crippen molar-refractivity contribution in [2.75, 3.05) is 29.9 Å². The lowest BCUT2D eigenvalue weighted by atomic mass is 10.2. The highest BCUT2D eigenvalue weighted by Crippen LogP contribution is 2.40. The fourth-order valence-corrected chi connectivity index (χ4v) is 3.64. The molecule has 0 fully saturated rings. The average molecular weight is 289 g/mol. The van der Waals surface area contributed by atoms with Gasteiger partial charge in [0, 0.05) is 20.1 Å². The van der Waals surface area contributed by atoms with Crippen molar-refractivity contribution < 1.29 is 5.11 Å². The number of para-hydroxylation sites is 2. The molecule has 1 aromatic carbocycles. The lowest BCUT2D eigenvalue weighted by molar-refractivity contribution is 0.202. The van der Waals surface area contributed by atoms with E-state index in [1.165, 1.54) is 11.4 Å². The highest BCUT2D eigenvalue weighted by atomic mass is 32.1. The Balaban J connectivity index is 2.03. The zero-order valence-corrected chi connectivity index (χ0v) is 12.8. The van der Waals surface area contributed by atoms with Crippen LogP contribution in [-0.2, 0) is 0 Å². The third-order valence-corrected chi connectivity index (χ3v) is 5.03. The second kappa shape index (κ2) is 5.07. The lowest BCUT2D eigenvalue weighted by Gasteiger charge is -2.35. The second-order valence-corrected chi connectivity index (χ2v) is 6.19. The van der Waals surface area contributed by atoms with Gasteiger partial charge in [0.05, 0.1) is 28.0 Å². The highest BCUT2D eigenvalue weighted by Gasteiger charge is 2.24. The Hall–Kier alpha value is -1.59. The molecule has 0 saturated carbocycles. The summed E-state index contributed by atoms with van der Waals surface area (Å²) in [6.45, 7) is 5.64. The van der Waals surface area contributed by atoms with Gasteiger partial charge in [-0.2, -0.15) is 0 Å². The van der Waals surface area contributed by atoms with Gasteiger partial charge in [-0.15, -0.1) is 0 Å². The SMILES string of the molecule is Cc1nc(N2CCN(C)c3ccccc32)sc1C(C)O. The van der Waals surface area contributed by atoms with Crippen molar-refractivity contribution in [3.63, 3.8) is 0 Å². The van der Waals surface area contributed by atoms with Gasteiger partial charge in [-0.25, -0.2) is 4.98 Å². The van der Waals surface area contributed by atoms with Crippen molar-refractivity contribution in [1.82, 2.24) is 4.98 Å². The van der Waals surface area contributed by atoms with Crippen LogP contribution in [0.4, 0.5) is 16.5 Å². The van der Waals surface area contributed by atoms with Crippen molar-refractivity contribution in [3.05, 3.63) is 34.8 Å². The molecule has 1 aliphatic heterocycles. The molecule has 0 radical (unpaired) electrons. The quantitative estimate of drug-likeness (QED) is 0.922. The molecule has 0 saturated heterocycles. The molecule has 1 unspecified atom stereocenters. The molecular weight excluding hydrogens is 270 g/mol. The summed E-state index contributed by atoms with van der Waals surface area (Å²) in [5.74, 6) is 0. The molecule has 2 aromatic rings. The van der Waals surface area contributed by atoms with E-state index in [9.17, 15) is 5.11 Å². The second-order valence-electron chi connectivity index (χ2n) is 5.18. The van der Waals surface area contributed by atoms with Gasteiger partial charge in [-0.1, -0.05) is 23.5 Å². The number of aliphatic hydroxyl groups is 1. The predicted octanol–water partition coefficient (Wildman–Crippen LogP) is 3.09. The first-order chi connectivity index (χ1) is 9.58. The summed E-state index contributed by atoms with van der Waals surface area (Å²) in [5, 5.41) is 10.8. The van der Waals surface area contributed by atoms with E-state index >= 15 is 0 Å². The number of aromatic nitrogens is 1. The van der Waals surface area contributed by atoms with Crippen LogP contribution in [0.1, 0.15) is 23.6 Å². The van der Waals surface area contributed by atoms with Crippen molar-refractivity contribution >= 4 is 27.8 Å². The number of rotatable bonds is 2. The molecule has 0 amide bonds. The van der Waals surface area contributed by atoms with E-state index in [1.54, 1.807) is 18.3 Å². The Morgan fingerprint density at radius 3 is 2.60 bits per heavy atom. The van der Waals surface area contributed by atoms with Gasteiger partial charge in [-0.3, -0.25) is 0 Å². The summed E-state index contributed by atoms with van der Waals surface area (Å²) in [5.41, 5.74) is 3.34. The van der Waals surface area contributed by atoms with Gasteiger partial charge >= 0.3 is 0 Å². The minimum Gasteiger partial charge on any atom is -0.388 e. The first kappa shape index (κ1) is 13.4. The van der Waals surface area contributed by atoms with Gasteiger partial charge in [0.1, 0.15) is 0 Å². The number of fused-ring (bicyclic) bond motifs is 1. The molecule has 0 bridgehead atoms. The molecule has 20 heavy (non-hydrogen) atoms. The first-order valence-electron chi connectivity index (χ1n) is 6.81. The van der Waals surface area contributed by atoms with E-state index in [0.717, 1.165) is 28.8 Å². The third-order valence-electron chi connectivity index (χ3n) is 3.67. The van der Waals surface area contributed by atoms with E-state index in [0.29, 0.717) is 0 Å². The molecule has 106 valence electrons. The largest absolute Gasteiger partial charge is 0.388 e. The van der Waals surface area contributed by atoms with Crippen LogP contribution in [0.5, 0.6) is 0 Å². The fourth-order valence-electron chi connectivity index (χ4n) is 2.60. The van der Waals surface area contributed by atoms with Crippen LogP contribution in [0.25, 0.3) is 0 Å². The molecule has 1 aliphatic rings. The van der Waals surface area contributed by atoms with Crippen LogP contribution in [0.2, 0.25) is 0 Å². The Labute approximate surface area is 123 Å². The monoisotopic (exact) mass is 289 g/mol. The number of thiazole rings is 1. The number of anilines is 3. The number of aliphatic hydroxyl groups excluding tert-OH is 1. The van der Waals surface area contributed by atoms with E-state index in [1.807, 2.05) is 6.92 Å². The predicted molar refractivity (Wildman–Crippen MR) is 84.2 cm³/mol. The molecular formula is C15H19N3OS. The first-order valence-corrected chi connectivity index (χ1v) is 7.62. The zero-order valence-electron chi connectivity index (χ0n) is 12.0. The standard InChI is InChI=1S/C15H19N3OS/c1-10-14(11(2)19)20-15(16-10)18-9-8-17(3)12-6-4-5-7-13(12)18/h4-7,11,19H,8-9H2,1-3H3. The summed E-state index contributed by atoms with van der Waals surface area (Å²) in [7, 11) is 2.12. The highest BCUT2D eigenvalue weighted by molar-refractivity contribution is 7.15. The molecule has 5 heteroatoms. The van der Waals surface area contributed by atoms with E-state index < -0.39 is 6.10 Å². The van der Waals surface area contributed by atoms with Gasteiger partial charge in [0.15, 0.2) is 5.13 Å². The maximum atomic E-state index is 9.80. The zero-order chi connectivity index (χ0) is 14.3. The number of nitrogens with zero attached hydrogens (tertiary/aromatic N) is 3.